The van der Waals surface area contributed by atoms with Gasteiger partial charge < -0.3 is 10.2 Å². The Morgan fingerprint density at radius 1 is 1.15 bits per heavy atom. The molecule has 2 aromatic heterocycles. The fourth-order valence-electron chi connectivity index (χ4n) is 3.69. The summed E-state index contributed by atoms with van der Waals surface area (Å²) in [7, 11) is 0. The van der Waals surface area contributed by atoms with Gasteiger partial charge in [0.25, 0.3) is 0 Å². The van der Waals surface area contributed by atoms with Crippen molar-refractivity contribution in [3.8, 4) is 0 Å². The minimum Gasteiger partial charge on any atom is -0.357 e. The van der Waals surface area contributed by atoms with Gasteiger partial charge in [-0.3, -0.25) is 4.79 Å². The minimum atomic E-state index is -0.266. The molecule has 1 atom stereocenters. The second kappa shape index (κ2) is 7.76. The molecule has 2 aliphatic rings. The number of tetrazole rings is 1. The fourth-order valence-corrected chi connectivity index (χ4v) is 3.69. The average molecular weight is 356 g/mol. The first-order valence-corrected chi connectivity index (χ1v) is 9.41. The number of carbonyl (C=O) groups excluding carboxylic acids is 1. The van der Waals surface area contributed by atoms with Gasteiger partial charge in [0.1, 0.15) is 12.1 Å². The van der Waals surface area contributed by atoms with Crippen LogP contribution in [0.3, 0.4) is 0 Å². The van der Waals surface area contributed by atoms with Crippen molar-refractivity contribution >= 4 is 11.7 Å². The maximum absolute atomic E-state index is 12.6. The van der Waals surface area contributed by atoms with Gasteiger partial charge in [-0.1, -0.05) is 6.42 Å². The predicted octanol–water partition coefficient (Wildman–Crippen LogP) is 0.690. The maximum Gasteiger partial charge on any atom is 0.230 e. The number of carbonyl (C=O) groups is 1. The maximum atomic E-state index is 12.6. The van der Waals surface area contributed by atoms with Crippen LogP contribution in [-0.2, 0) is 17.8 Å². The molecule has 26 heavy (non-hydrogen) atoms. The van der Waals surface area contributed by atoms with E-state index in [-0.39, 0.29) is 11.8 Å². The van der Waals surface area contributed by atoms with E-state index in [1.165, 1.54) is 12.8 Å². The van der Waals surface area contributed by atoms with E-state index in [1.54, 1.807) is 11.0 Å². The van der Waals surface area contributed by atoms with Gasteiger partial charge in [-0.2, -0.15) is 0 Å². The Hall–Kier alpha value is -2.58. The summed E-state index contributed by atoms with van der Waals surface area (Å²) < 4.78 is 1.75. The van der Waals surface area contributed by atoms with E-state index in [0.717, 1.165) is 50.4 Å². The highest BCUT2D eigenvalue weighted by Gasteiger charge is 2.28. The van der Waals surface area contributed by atoms with Gasteiger partial charge in [0.05, 0.1) is 5.92 Å². The average Bonchev–Trinajstić information content (AvgIpc) is 3.31. The van der Waals surface area contributed by atoms with Gasteiger partial charge >= 0.3 is 0 Å². The molecule has 1 amide bonds. The number of hydrogen-bond donors (Lipinski definition) is 1. The quantitative estimate of drug-likeness (QED) is 0.841. The third-order valence-corrected chi connectivity index (χ3v) is 5.12. The van der Waals surface area contributed by atoms with E-state index in [4.69, 9.17) is 0 Å². The number of nitrogens with zero attached hydrogens (tertiary/aromatic N) is 7. The number of amides is 1. The molecule has 2 aliphatic heterocycles. The molecule has 0 bridgehead atoms. The molecule has 4 heterocycles. The highest BCUT2D eigenvalue weighted by molar-refractivity contribution is 5.82. The molecule has 9 heteroatoms. The lowest BCUT2D eigenvalue weighted by Gasteiger charge is -2.16. The van der Waals surface area contributed by atoms with E-state index >= 15 is 0 Å². The van der Waals surface area contributed by atoms with Crippen molar-refractivity contribution in [1.82, 2.24) is 35.5 Å². The van der Waals surface area contributed by atoms with Crippen LogP contribution in [-0.4, -0.2) is 55.7 Å². The molecule has 0 saturated carbocycles. The molecule has 9 nitrogen and oxygen atoms in total. The molecule has 2 aromatic rings. The molecule has 0 unspecified atom stereocenters. The summed E-state index contributed by atoms with van der Waals surface area (Å²) in [5.41, 5.74) is 0.952. The fraction of sp³-hybridized carbons (Fsp3) is 0.647. The van der Waals surface area contributed by atoms with Gasteiger partial charge in [0, 0.05) is 44.4 Å². The summed E-state index contributed by atoms with van der Waals surface area (Å²) in [5.74, 6) is 1.40. The number of nitrogens with one attached hydrogen (secondary N) is 1. The minimum absolute atomic E-state index is 0.00299. The van der Waals surface area contributed by atoms with Crippen molar-refractivity contribution in [1.29, 1.82) is 0 Å². The second-order valence-corrected chi connectivity index (χ2v) is 6.91. The normalized spacial score (nSPS) is 19.8. The molecule has 0 spiro atoms. The van der Waals surface area contributed by atoms with Crippen molar-refractivity contribution in [3.63, 3.8) is 0 Å². The Bertz CT molecular complexity index is 755. The number of aromatic nitrogens is 6. The Labute approximate surface area is 152 Å². The zero-order valence-electron chi connectivity index (χ0n) is 14.8. The Morgan fingerprint density at radius 2 is 2.00 bits per heavy atom. The van der Waals surface area contributed by atoms with Crippen molar-refractivity contribution in [2.75, 3.05) is 24.5 Å². The summed E-state index contributed by atoms with van der Waals surface area (Å²) in [4.78, 5) is 23.6. The molecule has 4 rings (SSSR count). The van der Waals surface area contributed by atoms with E-state index in [9.17, 15) is 4.79 Å². The first-order valence-electron chi connectivity index (χ1n) is 9.41. The van der Waals surface area contributed by atoms with Crippen LogP contribution in [0.25, 0.3) is 0 Å². The van der Waals surface area contributed by atoms with Crippen LogP contribution >= 0.6 is 0 Å². The highest BCUT2D eigenvalue weighted by Crippen LogP contribution is 2.24. The summed E-state index contributed by atoms with van der Waals surface area (Å²) in [6, 6.07) is 2.03. The highest BCUT2D eigenvalue weighted by atomic mass is 16.1. The van der Waals surface area contributed by atoms with Gasteiger partial charge in [-0.25, -0.2) is 14.6 Å². The molecule has 1 fully saturated rings. The van der Waals surface area contributed by atoms with Crippen molar-refractivity contribution in [3.05, 3.63) is 23.9 Å². The van der Waals surface area contributed by atoms with Gasteiger partial charge in [0.15, 0.2) is 5.82 Å². The van der Waals surface area contributed by atoms with Crippen molar-refractivity contribution in [2.45, 2.75) is 51.0 Å². The van der Waals surface area contributed by atoms with E-state index < -0.39 is 0 Å². The number of aryl methyl sites for hydroxylation is 1. The predicted molar refractivity (Wildman–Crippen MR) is 94.6 cm³/mol. The molecule has 1 N–H and O–H groups in total. The van der Waals surface area contributed by atoms with Gasteiger partial charge in [-0.05, 0) is 36.1 Å². The van der Waals surface area contributed by atoms with Crippen LogP contribution in [0, 0.1) is 0 Å². The number of fused-ring (bicyclic) bond motifs is 1. The Morgan fingerprint density at radius 3 is 2.88 bits per heavy atom. The number of hydrogen-bond acceptors (Lipinski definition) is 7. The topological polar surface area (TPSA) is 102 Å². The van der Waals surface area contributed by atoms with Crippen LogP contribution < -0.4 is 10.2 Å². The zero-order chi connectivity index (χ0) is 17.8. The molecule has 0 radical (unpaired) electrons. The van der Waals surface area contributed by atoms with Crippen molar-refractivity contribution < 1.29 is 4.79 Å². The lowest BCUT2D eigenvalue weighted by atomic mass is 10.0. The SMILES string of the molecule is O=C(NCCc1cc(N2CCCC2)ncn1)[C@@H]1CCCCn2nnnc21. The molecule has 138 valence electrons. The lowest BCUT2D eigenvalue weighted by molar-refractivity contribution is -0.122. The molecule has 1 saturated heterocycles. The van der Waals surface area contributed by atoms with Crippen LogP contribution in [0.2, 0.25) is 0 Å². The standard InChI is InChI=1S/C17H24N8O/c26-17(14-5-1-2-10-25-16(14)21-22-23-25)18-7-6-13-11-15(20-12-19-13)24-8-3-4-9-24/h11-12,14H,1-10H2,(H,18,26)/t14-/m1/s1. The first kappa shape index (κ1) is 16.9. The van der Waals surface area contributed by atoms with Crippen LogP contribution in [0.1, 0.15) is 49.5 Å². The smallest absolute Gasteiger partial charge is 0.230 e. The van der Waals surface area contributed by atoms with Crippen molar-refractivity contribution in [2.24, 2.45) is 0 Å². The van der Waals surface area contributed by atoms with Crippen LogP contribution in [0.15, 0.2) is 12.4 Å². The summed E-state index contributed by atoms with van der Waals surface area (Å²) in [6.45, 7) is 3.45. The second-order valence-electron chi connectivity index (χ2n) is 6.91. The Balaban J connectivity index is 1.33. The molecular formula is C17H24N8O. The lowest BCUT2D eigenvalue weighted by Crippen LogP contribution is -2.32. The summed E-state index contributed by atoms with van der Waals surface area (Å²) >= 11 is 0. The summed E-state index contributed by atoms with van der Waals surface area (Å²) in [6.07, 6.45) is 7.53. The number of rotatable bonds is 5. The number of anilines is 1. The molecular weight excluding hydrogens is 332 g/mol. The summed E-state index contributed by atoms with van der Waals surface area (Å²) in [5, 5.41) is 14.8. The van der Waals surface area contributed by atoms with Gasteiger partial charge in [0.2, 0.25) is 5.91 Å². The molecule has 0 aliphatic carbocycles. The van der Waals surface area contributed by atoms with E-state index in [1.807, 2.05) is 6.07 Å². The third-order valence-electron chi connectivity index (χ3n) is 5.12. The van der Waals surface area contributed by atoms with Crippen LogP contribution in [0.4, 0.5) is 5.82 Å². The Kier molecular flexibility index (Phi) is 5.03. The molecule has 0 aromatic carbocycles. The van der Waals surface area contributed by atoms with E-state index in [2.05, 4.69) is 35.7 Å². The van der Waals surface area contributed by atoms with E-state index in [0.29, 0.717) is 18.8 Å². The first-order chi connectivity index (χ1) is 12.8. The van der Waals surface area contributed by atoms with Crippen LogP contribution in [0.5, 0.6) is 0 Å². The largest absolute Gasteiger partial charge is 0.357 e. The van der Waals surface area contributed by atoms with Gasteiger partial charge in [-0.15, -0.1) is 5.10 Å². The monoisotopic (exact) mass is 356 g/mol. The zero-order valence-corrected chi connectivity index (χ0v) is 14.8. The third kappa shape index (κ3) is 3.66.